The van der Waals surface area contributed by atoms with Crippen molar-refractivity contribution in [1.29, 1.82) is 0 Å². The molecule has 2 aromatic carbocycles. The second-order valence-electron chi connectivity index (χ2n) is 8.63. The first-order chi connectivity index (χ1) is 18.6. The number of amides is 2. The van der Waals surface area contributed by atoms with Crippen molar-refractivity contribution >= 4 is 29.5 Å². The average molecular weight is 554 g/mol. The van der Waals surface area contributed by atoms with E-state index in [0.717, 1.165) is 29.3 Å². The number of carbonyl (C=O) groups excluding carboxylic acids is 2. The molecule has 200 valence electrons. The summed E-state index contributed by atoms with van der Waals surface area (Å²) in [6.45, 7) is 2.16. The Hall–Kier alpha value is -4.37. The van der Waals surface area contributed by atoms with E-state index < -0.39 is 23.6 Å². The first-order valence-electron chi connectivity index (χ1n) is 11.8. The van der Waals surface area contributed by atoms with Gasteiger partial charge in [0.25, 0.3) is 11.8 Å². The minimum absolute atomic E-state index is 0.0400. The number of rotatable bonds is 8. The molecule has 0 atom stereocenters. The van der Waals surface area contributed by atoms with Crippen LogP contribution in [0.4, 0.5) is 13.2 Å². The number of hydrogen-bond donors (Lipinski definition) is 2. The van der Waals surface area contributed by atoms with E-state index in [-0.39, 0.29) is 34.3 Å². The Morgan fingerprint density at radius 2 is 1.72 bits per heavy atom. The van der Waals surface area contributed by atoms with Crippen molar-refractivity contribution in [3.05, 3.63) is 118 Å². The predicted molar refractivity (Wildman–Crippen MR) is 142 cm³/mol. The van der Waals surface area contributed by atoms with E-state index in [1.165, 1.54) is 18.2 Å². The largest absolute Gasteiger partial charge is 0.457 e. The van der Waals surface area contributed by atoms with E-state index in [9.17, 15) is 22.8 Å². The van der Waals surface area contributed by atoms with Gasteiger partial charge >= 0.3 is 6.18 Å². The maximum Gasteiger partial charge on any atom is 0.416 e. The topological polar surface area (TPSA) is 84.2 Å². The second-order valence-corrected chi connectivity index (χ2v) is 9.04. The van der Waals surface area contributed by atoms with Gasteiger partial charge in [-0.15, -0.1) is 0 Å². The third-order valence-corrected chi connectivity index (χ3v) is 6.06. The van der Waals surface area contributed by atoms with Crippen LogP contribution in [-0.2, 0) is 17.4 Å². The Bertz CT molecular complexity index is 1500. The first-order valence-corrected chi connectivity index (χ1v) is 12.2. The van der Waals surface area contributed by atoms with E-state index in [0.29, 0.717) is 12.0 Å². The number of halogens is 4. The summed E-state index contributed by atoms with van der Waals surface area (Å²) in [5.74, 6) is -0.889. The van der Waals surface area contributed by atoms with Crippen LogP contribution >= 0.6 is 11.6 Å². The lowest BCUT2D eigenvalue weighted by atomic mass is 10.1. The monoisotopic (exact) mass is 553 g/mol. The molecule has 0 spiro atoms. The number of alkyl halides is 3. The fourth-order valence-corrected chi connectivity index (χ4v) is 3.84. The first kappa shape index (κ1) is 27.7. The second kappa shape index (κ2) is 12.0. The zero-order valence-electron chi connectivity index (χ0n) is 20.7. The van der Waals surface area contributed by atoms with Gasteiger partial charge in [-0.25, -0.2) is 0 Å². The summed E-state index contributed by atoms with van der Waals surface area (Å²) in [5.41, 5.74) is 1.33. The standard InChI is InChI=1S/C29H23ClF3N3O3/c1-18-2-4-20(5-3-18)27(37)36-25(28(38)35-15-12-19-10-13-34-14-11-19)17-22-7-9-26(39-22)23-16-21(29(31,32)33)6-8-24(23)30/h2-11,13-14,16-17H,12,15H2,1H3,(H,35,38)(H,36,37). The summed E-state index contributed by atoms with van der Waals surface area (Å²) in [6, 6.07) is 16.3. The zero-order valence-corrected chi connectivity index (χ0v) is 21.4. The molecule has 4 rings (SSSR count). The summed E-state index contributed by atoms with van der Waals surface area (Å²) in [5, 5.41) is 5.43. The van der Waals surface area contributed by atoms with Crippen molar-refractivity contribution < 1.29 is 27.2 Å². The van der Waals surface area contributed by atoms with Crippen molar-refractivity contribution in [1.82, 2.24) is 15.6 Å². The maximum absolute atomic E-state index is 13.2. The molecule has 0 unspecified atom stereocenters. The molecule has 0 fully saturated rings. The van der Waals surface area contributed by atoms with Gasteiger partial charge in [-0.3, -0.25) is 14.6 Å². The molecule has 39 heavy (non-hydrogen) atoms. The number of aromatic nitrogens is 1. The highest BCUT2D eigenvalue weighted by Crippen LogP contribution is 2.36. The number of hydrogen-bond acceptors (Lipinski definition) is 4. The lowest BCUT2D eigenvalue weighted by Crippen LogP contribution is -2.35. The molecule has 6 nitrogen and oxygen atoms in total. The van der Waals surface area contributed by atoms with Crippen LogP contribution in [0.25, 0.3) is 17.4 Å². The van der Waals surface area contributed by atoms with Crippen molar-refractivity contribution in [3.8, 4) is 11.3 Å². The van der Waals surface area contributed by atoms with Crippen molar-refractivity contribution in [2.45, 2.75) is 19.5 Å². The van der Waals surface area contributed by atoms with E-state index in [1.54, 1.807) is 36.7 Å². The Kier molecular flexibility index (Phi) is 8.51. The molecule has 2 amide bonds. The molecular weight excluding hydrogens is 531 g/mol. The lowest BCUT2D eigenvalue weighted by Gasteiger charge is -2.11. The molecule has 0 aliphatic heterocycles. The van der Waals surface area contributed by atoms with Crippen LogP contribution < -0.4 is 10.6 Å². The van der Waals surface area contributed by atoms with Gasteiger partial charge in [0.05, 0.1) is 10.6 Å². The average Bonchev–Trinajstić information content (AvgIpc) is 3.37. The van der Waals surface area contributed by atoms with Gasteiger partial charge in [-0.05, 0) is 73.5 Å². The molecule has 0 saturated carbocycles. The van der Waals surface area contributed by atoms with Crippen molar-refractivity contribution in [2.75, 3.05) is 6.54 Å². The fourth-order valence-electron chi connectivity index (χ4n) is 3.63. The Labute approximate surface area is 227 Å². The van der Waals surface area contributed by atoms with Crippen molar-refractivity contribution in [2.24, 2.45) is 0 Å². The highest BCUT2D eigenvalue weighted by atomic mass is 35.5. The van der Waals surface area contributed by atoms with Crippen molar-refractivity contribution in [3.63, 3.8) is 0 Å². The van der Waals surface area contributed by atoms with Crippen LogP contribution in [0.3, 0.4) is 0 Å². The molecule has 4 aromatic rings. The lowest BCUT2D eigenvalue weighted by molar-refractivity contribution is -0.137. The summed E-state index contributed by atoms with van der Waals surface area (Å²) in [6.07, 6.45) is 0.576. The number of furan rings is 1. The SMILES string of the molecule is Cc1ccc(C(=O)NC(=Cc2ccc(-c3cc(C(F)(F)F)ccc3Cl)o2)C(=O)NCCc2ccncc2)cc1. The number of benzene rings is 2. The van der Waals surface area contributed by atoms with Crippen LogP contribution in [0, 0.1) is 6.92 Å². The van der Waals surface area contributed by atoms with Crippen LogP contribution in [0.15, 0.2) is 89.2 Å². The number of pyridine rings is 1. The fraction of sp³-hybridized carbons (Fsp3) is 0.138. The van der Waals surface area contributed by atoms with Crippen LogP contribution in [0.1, 0.15) is 32.8 Å². The summed E-state index contributed by atoms with van der Waals surface area (Å²) in [7, 11) is 0. The minimum Gasteiger partial charge on any atom is -0.457 e. The Morgan fingerprint density at radius 3 is 2.41 bits per heavy atom. The van der Waals surface area contributed by atoms with E-state index in [1.807, 2.05) is 19.1 Å². The number of nitrogens with zero attached hydrogens (tertiary/aromatic N) is 1. The number of aryl methyl sites for hydroxylation is 1. The van der Waals surface area contributed by atoms with Gasteiger partial charge in [0.1, 0.15) is 17.2 Å². The molecule has 0 aliphatic rings. The van der Waals surface area contributed by atoms with Gasteiger partial charge < -0.3 is 15.1 Å². The minimum atomic E-state index is -4.56. The van der Waals surface area contributed by atoms with Crippen LogP contribution in [0.2, 0.25) is 5.02 Å². The van der Waals surface area contributed by atoms with Gasteiger partial charge in [0.15, 0.2) is 0 Å². The summed E-state index contributed by atoms with van der Waals surface area (Å²) < 4.78 is 45.3. The molecule has 0 radical (unpaired) electrons. The smallest absolute Gasteiger partial charge is 0.416 e. The van der Waals surface area contributed by atoms with E-state index >= 15 is 0 Å². The highest BCUT2D eigenvalue weighted by Gasteiger charge is 2.31. The van der Waals surface area contributed by atoms with Gasteiger partial charge in [0.2, 0.25) is 0 Å². The molecule has 2 aromatic heterocycles. The van der Waals surface area contributed by atoms with Gasteiger partial charge in [-0.2, -0.15) is 13.2 Å². The predicted octanol–water partition coefficient (Wildman–Crippen LogP) is 6.45. The number of nitrogens with one attached hydrogen (secondary N) is 2. The quantitative estimate of drug-likeness (QED) is 0.246. The third kappa shape index (κ3) is 7.36. The molecule has 2 N–H and O–H groups in total. The van der Waals surface area contributed by atoms with E-state index in [4.69, 9.17) is 16.0 Å². The Morgan fingerprint density at radius 1 is 1.00 bits per heavy atom. The maximum atomic E-state index is 13.2. The van der Waals surface area contributed by atoms with Gasteiger partial charge in [-0.1, -0.05) is 29.3 Å². The van der Waals surface area contributed by atoms with Crippen LogP contribution in [0.5, 0.6) is 0 Å². The van der Waals surface area contributed by atoms with Gasteiger partial charge in [0, 0.05) is 36.1 Å². The molecule has 2 heterocycles. The van der Waals surface area contributed by atoms with Crippen LogP contribution in [-0.4, -0.2) is 23.3 Å². The highest BCUT2D eigenvalue weighted by molar-refractivity contribution is 6.33. The number of carbonyl (C=O) groups is 2. The molecular formula is C29H23ClF3N3O3. The zero-order chi connectivity index (χ0) is 28.0. The van der Waals surface area contributed by atoms with E-state index in [2.05, 4.69) is 15.6 Å². The molecule has 0 aliphatic carbocycles. The molecule has 10 heteroatoms. The Balaban J connectivity index is 1.59. The normalized spacial score (nSPS) is 11.8. The third-order valence-electron chi connectivity index (χ3n) is 5.73. The molecule has 0 bridgehead atoms. The molecule has 0 saturated heterocycles. The summed E-state index contributed by atoms with van der Waals surface area (Å²) >= 11 is 6.13. The summed E-state index contributed by atoms with van der Waals surface area (Å²) in [4.78, 5) is 29.9.